The van der Waals surface area contributed by atoms with E-state index in [2.05, 4.69) is 29.1 Å². The van der Waals surface area contributed by atoms with E-state index in [0.29, 0.717) is 6.54 Å². The number of methoxy groups -OCH3 is 1. The van der Waals surface area contributed by atoms with Gasteiger partial charge in [-0.2, -0.15) is 0 Å². The van der Waals surface area contributed by atoms with Crippen LogP contribution in [0.1, 0.15) is 26.7 Å². The van der Waals surface area contributed by atoms with Crippen LogP contribution in [0.25, 0.3) is 0 Å². The Morgan fingerprint density at radius 2 is 2.05 bits per heavy atom. The number of ether oxygens (including phenoxy) is 1. The molecule has 1 N–H and O–H groups in total. The Morgan fingerprint density at radius 3 is 2.68 bits per heavy atom. The molecule has 0 saturated carbocycles. The fourth-order valence-corrected chi connectivity index (χ4v) is 2.52. The minimum absolute atomic E-state index is 0.168. The quantitative estimate of drug-likeness (QED) is 0.715. The molecule has 1 aliphatic heterocycles. The largest absolute Gasteiger partial charge is 0.468 e. The molecule has 1 atom stereocenters. The van der Waals surface area contributed by atoms with Gasteiger partial charge >= 0.3 is 5.97 Å². The molecule has 112 valence electrons. The van der Waals surface area contributed by atoms with E-state index in [-0.39, 0.29) is 5.97 Å². The first-order valence-electron chi connectivity index (χ1n) is 7.26. The van der Waals surface area contributed by atoms with Gasteiger partial charge in [-0.05, 0) is 46.4 Å². The van der Waals surface area contributed by atoms with Crippen molar-refractivity contribution in [3.05, 3.63) is 0 Å². The smallest absolute Gasteiger partial charge is 0.327 e. The molecule has 0 aromatic heterocycles. The molecule has 1 saturated heterocycles. The zero-order valence-corrected chi connectivity index (χ0v) is 12.9. The number of nitrogens with zero attached hydrogens (tertiary/aromatic N) is 2. The lowest BCUT2D eigenvalue weighted by Crippen LogP contribution is -2.58. The fourth-order valence-electron chi connectivity index (χ4n) is 2.52. The number of hydrogen-bond acceptors (Lipinski definition) is 5. The maximum atomic E-state index is 12.0. The monoisotopic (exact) mass is 271 g/mol. The van der Waals surface area contributed by atoms with Gasteiger partial charge < -0.3 is 15.0 Å². The summed E-state index contributed by atoms with van der Waals surface area (Å²) in [6.07, 6.45) is 2.16. The van der Waals surface area contributed by atoms with E-state index in [0.717, 1.165) is 45.6 Å². The van der Waals surface area contributed by atoms with Gasteiger partial charge in [0.2, 0.25) is 0 Å². The van der Waals surface area contributed by atoms with Crippen molar-refractivity contribution in [1.82, 2.24) is 15.1 Å². The van der Waals surface area contributed by atoms with Gasteiger partial charge in [0.05, 0.1) is 7.11 Å². The van der Waals surface area contributed by atoms with Crippen molar-refractivity contribution in [2.24, 2.45) is 0 Å². The molecule has 1 rings (SSSR count). The summed E-state index contributed by atoms with van der Waals surface area (Å²) in [6.45, 7) is 9.85. The Balaban J connectivity index is 2.62. The average molecular weight is 271 g/mol. The zero-order chi connectivity index (χ0) is 14.3. The van der Waals surface area contributed by atoms with Crippen molar-refractivity contribution in [3.8, 4) is 0 Å². The molecular weight excluding hydrogens is 242 g/mol. The van der Waals surface area contributed by atoms with Crippen molar-refractivity contribution in [1.29, 1.82) is 0 Å². The maximum absolute atomic E-state index is 12.0. The molecule has 0 aromatic carbocycles. The Hall–Kier alpha value is -0.650. The standard InChI is InChI=1S/C14H29N3O2/c1-5-7-15-14(2,13(18)19-4)12-17-9-6-8-16(3)10-11-17/h15H,5-12H2,1-4H3. The van der Waals surface area contributed by atoms with Gasteiger partial charge in [-0.25, -0.2) is 0 Å². The van der Waals surface area contributed by atoms with Crippen LogP contribution in [0.2, 0.25) is 0 Å². The first kappa shape index (κ1) is 16.4. The van der Waals surface area contributed by atoms with Crippen LogP contribution in [0.4, 0.5) is 0 Å². The topological polar surface area (TPSA) is 44.8 Å². The second-order valence-electron chi connectivity index (χ2n) is 5.68. The SMILES string of the molecule is CCCNC(C)(CN1CCCN(C)CC1)C(=O)OC. The highest BCUT2D eigenvalue weighted by atomic mass is 16.5. The lowest BCUT2D eigenvalue weighted by molar-refractivity contribution is -0.148. The molecule has 5 heteroatoms. The van der Waals surface area contributed by atoms with Crippen LogP contribution in [0.3, 0.4) is 0 Å². The summed E-state index contributed by atoms with van der Waals surface area (Å²) < 4.78 is 4.97. The summed E-state index contributed by atoms with van der Waals surface area (Å²) in [7, 11) is 3.61. The van der Waals surface area contributed by atoms with Gasteiger partial charge in [0.15, 0.2) is 0 Å². The summed E-state index contributed by atoms with van der Waals surface area (Å²) in [6, 6.07) is 0. The van der Waals surface area contributed by atoms with Crippen molar-refractivity contribution >= 4 is 5.97 Å². The fraction of sp³-hybridized carbons (Fsp3) is 0.929. The molecule has 0 amide bonds. The van der Waals surface area contributed by atoms with Crippen molar-refractivity contribution in [2.75, 3.05) is 53.4 Å². The van der Waals surface area contributed by atoms with Gasteiger partial charge in [-0.15, -0.1) is 0 Å². The Bertz CT molecular complexity index is 286. The second-order valence-corrected chi connectivity index (χ2v) is 5.68. The predicted molar refractivity (Wildman–Crippen MR) is 77.3 cm³/mol. The third-order valence-corrected chi connectivity index (χ3v) is 3.75. The average Bonchev–Trinajstić information content (AvgIpc) is 2.60. The molecular formula is C14H29N3O2. The summed E-state index contributed by atoms with van der Waals surface area (Å²) >= 11 is 0. The van der Waals surface area contributed by atoms with Crippen LogP contribution < -0.4 is 5.32 Å². The maximum Gasteiger partial charge on any atom is 0.327 e. The van der Waals surface area contributed by atoms with E-state index < -0.39 is 5.54 Å². The molecule has 0 bridgehead atoms. The van der Waals surface area contributed by atoms with Gasteiger partial charge in [-0.1, -0.05) is 6.92 Å². The molecule has 1 unspecified atom stereocenters. The second kappa shape index (κ2) is 7.82. The van der Waals surface area contributed by atoms with E-state index in [1.54, 1.807) is 0 Å². The molecule has 1 aliphatic rings. The van der Waals surface area contributed by atoms with Crippen LogP contribution in [0.5, 0.6) is 0 Å². The Morgan fingerprint density at radius 1 is 1.32 bits per heavy atom. The summed E-state index contributed by atoms with van der Waals surface area (Å²) in [5.41, 5.74) is -0.604. The number of nitrogens with one attached hydrogen (secondary N) is 1. The molecule has 5 nitrogen and oxygen atoms in total. The van der Waals surface area contributed by atoms with Gasteiger partial charge in [-0.3, -0.25) is 9.69 Å². The van der Waals surface area contributed by atoms with Crippen LogP contribution in [0.15, 0.2) is 0 Å². The summed E-state index contributed by atoms with van der Waals surface area (Å²) in [5, 5.41) is 3.35. The Kier molecular flexibility index (Phi) is 6.75. The minimum atomic E-state index is -0.604. The molecule has 19 heavy (non-hydrogen) atoms. The molecule has 1 fully saturated rings. The summed E-state index contributed by atoms with van der Waals surface area (Å²) in [4.78, 5) is 16.7. The lowest BCUT2D eigenvalue weighted by atomic mass is 10.0. The third-order valence-electron chi connectivity index (χ3n) is 3.75. The Labute approximate surface area is 117 Å². The lowest BCUT2D eigenvalue weighted by Gasteiger charge is -2.33. The van der Waals surface area contributed by atoms with Gasteiger partial charge in [0.1, 0.15) is 5.54 Å². The number of rotatable bonds is 6. The number of hydrogen-bond donors (Lipinski definition) is 1. The van der Waals surface area contributed by atoms with E-state index in [4.69, 9.17) is 4.74 Å². The van der Waals surface area contributed by atoms with Gasteiger partial charge in [0, 0.05) is 19.6 Å². The molecule has 0 aliphatic carbocycles. The zero-order valence-electron chi connectivity index (χ0n) is 12.9. The van der Waals surface area contributed by atoms with Crippen molar-refractivity contribution < 1.29 is 9.53 Å². The number of likely N-dealkylation sites (N-methyl/N-ethyl adjacent to an activating group) is 1. The number of carbonyl (C=O) groups excluding carboxylic acids is 1. The van der Waals surface area contributed by atoms with E-state index >= 15 is 0 Å². The van der Waals surface area contributed by atoms with Gasteiger partial charge in [0.25, 0.3) is 0 Å². The van der Waals surface area contributed by atoms with E-state index in [1.807, 2.05) is 6.92 Å². The summed E-state index contributed by atoms with van der Waals surface area (Å²) in [5.74, 6) is -0.168. The van der Waals surface area contributed by atoms with E-state index in [1.165, 1.54) is 7.11 Å². The molecule has 1 heterocycles. The predicted octanol–water partition coefficient (Wildman–Crippen LogP) is 0.555. The van der Waals surface area contributed by atoms with Crippen LogP contribution in [0, 0.1) is 0 Å². The minimum Gasteiger partial charge on any atom is -0.468 e. The number of carbonyl (C=O) groups is 1. The number of esters is 1. The van der Waals surface area contributed by atoms with E-state index in [9.17, 15) is 4.79 Å². The van der Waals surface area contributed by atoms with Crippen LogP contribution >= 0.6 is 0 Å². The highest BCUT2D eigenvalue weighted by Crippen LogP contribution is 2.12. The van der Waals surface area contributed by atoms with Crippen LogP contribution in [-0.4, -0.2) is 74.7 Å². The molecule has 0 aromatic rings. The normalized spacial score (nSPS) is 21.7. The van der Waals surface area contributed by atoms with Crippen molar-refractivity contribution in [2.45, 2.75) is 32.2 Å². The first-order valence-corrected chi connectivity index (χ1v) is 7.26. The first-order chi connectivity index (χ1) is 9.01. The molecule has 0 spiro atoms. The van der Waals surface area contributed by atoms with Crippen molar-refractivity contribution in [3.63, 3.8) is 0 Å². The highest BCUT2D eigenvalue weighted by Gasteiger charge is 2.35. The van der Waals surface area contributed by atoms with Crippen LogP contribution in [-0.2, 0) is 9.53 Å². The highest BCUT2D eigenvalue weighted by molar-refractivity contribution is 5.80. The molecule has 0 radical (unpaired) electrons. The third kappa shape index (κ3) is 5.09.